The third-order valence-electron chi connectivity index (χ3n) is 3.06. The van der Waals surface area contributed by atoms with Crippen molar-refractivity contribution in [2.75, 3.05) is 17.6 Å². The highest BCUT2D eigenvalue weighted by Gasteiger charge is 2.03. The van der Waals surface area contributed by atoms with E-state index in [1.54, 1.807) is 6.33 Å². The van der Waals surface area contributed by atoms with Crippen LogP contribution in [0.25, 0.3) is 10.9 Å². The number of nitrogens with two attached hydrogens (primary N) is 1. The van der Waals surface area contributed by atoms with Crippen LogP contribution in [-0.4, -0.2) is 26.3 Å². The largest absolute Gasteiger partial charge is 0.399 e. The molecule has 0 atom stereocenters. The van der Waals surface area contributed by atoms with Crippen molar-refractivity contribution in [2.24, 2.45) is 0 Å². The fraction of sp³-hybridized carbons (Fsp3) is 0.214. The third-order valence-corrected chi connectivity index (χ3v) is 3.06. The van der Waals surface area contributed by atoms with Gasteiger partial charge in [0.2, 0.25) is 0 Å². The summed E-state index contributed by atoms with van der Waals surface area (Å²) in [5.74, 6) is 0.797. The Kier molecular flexibility index (Phi) is 3.20. The first-order valence-corrected chi connectivity index (χ1v) is 6.45. The van der Waals surface area contributed by atoms with Gasteiger partial charge in [0.25, 0.3) is 0 Å². The van der Waals surface area contributed by atoms with Gasteiger partial charge in [-0.1, -0.05) is 0 Å². The highest BCUT2D eigenvalue weighted by atomic mass is 15.3. The molecule has 0 aliphatic heterocycles. The second-order valence-electron chi connectivity index (χ2n) is 4.71. The molecule has 1 aromatic carbocycles. The molecule has 102 valence electrons. The Morgan fingerprint density at radius 2 is 2.20 bits per heavy atom. The first kappa shape index (κ1) is 12.4. The van der Waals surface area contributed by atoms with E-state index in [2.05, 4.69) is 20.4 Å². The molecule has 3 aromatic rings. The zero-order valence-electron chi connectivity index (χ0n) is 11.2. The van der Waals surface area contributed by atoms with E-state index in [-0.39, 0.29) is 0 Å². The molecule has 6 heteroatoms. The van der Waals surface area contributed by atoms with Crippen LogP contribution in [0.2, 0.25) is 0 Å². The van der Waals surface area contributed by atoms with E-state index >= 15 is 0 Å². The van der Waals surface area contributed by atoms with Crippen LogP contribution >= 0.6 is 0 Å². The highest BCUT2D eigenvalue weighted by molar-refractivity contribution is 5.91. The fourth-order valence-electron chi connectivity index (χ4n) is 2.09. The van der Waals surface area contributed by atoms with Gasteiger partial charge in [0.05, 0.1) is 18.3 Å². The summed E-state index contributed by atoms with van der Waals surface area (Å²) in [4.78, 5) is 8.51. The lowest BCUT2D eigenvalue weighted by atomic mass is 10.2. The van der Waals surface area contributed by atoms with Crippen LogP contribution in [0.4, 0.5) is 11.5 Å². The summed E-state index contributed by atoms with van der Waals surface area (Å²) in [7, 11) is 0. The minimum atomic E-state index is 0.707. The van der Waals surface area contributed by atoms with Crippen LogP contribution in [-0.2, 0) is 6.54 Å². The Morgan fingerprint density at radius 3 is 3.00 bits per heavy atom. The average molecular weight is 268 g/mol. The Morgan fingerprint density at radius 1 is 1.30 bits per heavy atom. The van der Waals surface area contributed by atoms with E-state index in [9.17, 15) is 0 Å². The van der Waals surface area contributed by atoms with Crippen LogP contribution in [0.15, 0.2) is 36.9 Å². The molecular formula is C14H16N6. The van der Waals surface area contributed by atoms with Gasteiger partial charge < -0.3 is 11.1 Å². The van der Waals surface area contributed by atoms with E-state index in [1.165, 1.54) is 0 Å². The summed E-state index contributed by atoms with van der Waals surface area (Å²) in [5, 5.41) is 8.49. The summed E-state index contributed by atoms with van der Waals surface area (Å²) in [6, 6.07) is 5.62. The number of hydrogen-bond donors (Lipinski definition) is 2. The molecule has 0 fully saturated rings. The number of nitrogen functional groups attached to an aromatic ring is 1. The molecular weight excluding hydrogens is 252 g/mol. The molecule has 3 N–H and O–H groups in total. The average Bonchev–Trinajstić information content (AvgIpc) is 2.85. The molecule has 3 rings (SSSR count). The topological polar surface area (TPSA) is 81.7 Å². The molecule has 20 heavy (non-hydrogen) atoms. The minimum Gasteiger partial charge on any atom is -0.399 e. The van der Waals surface area contributed by atoms with Crippen molar-refractivity contribution >= 4 is 22.4 Å². The summed E-state index contributed by atoms with van der Waals surface area (Å²) in [6.07, 6.45) is 5.41. The molecule has 0 saturated heterocycles. The molecule has 0 bridgehead atoms. The van der Waals surface area contributed by atoms with Crippen molar-refractivity contribution in [3.8, 4) is 0 Å². The van der Waals surface area contributed by atoms with Gasteiger partial charge in [-0.05, 0) is 30.7 Å². The van der Waals surface area contributed by atoms with Crippen molar-refractivity contribution < 1.29 is 0 Å². The predicted molar refractivity (Wildman–Crippen MR) is 79.4 cm³/mol. The number of benzene rings is 1. The smallest absolute Gasteiger partial charge is 0.137 e. The Labute approximate surface area is 116 Å². The van der Waals surface area contributed by atoms with E-state index in [0.29, 0.717) is 5.69 Å². The standard InChI is InChI=1S/C14H16N6/c1-10-7-19-20(8-10)5-4-16-14-12-6-11(15)2-3-13(12)17-9-18-14/h2-3,6-9H,4-5,15H2,1H3,(H,16,17,18). The number of nitrogens with one attached hydrogen (secondary N) is 1. The summed E-state index contributed by atoms with van der Waals surface area (Å²) in [6.45, 7) is 3.54. The number of rotatable bonds is 4. The van der Waals surface area contributed by atoms with E-state index in [0.717, 1.165) is 35.4 Å². The monoisotopic (exact) mass is 268 g/mol. The first-order chi connectivity index (χ1) is 9.72. The molecule has 2 heterocycles. The maximum absolute atomic E-state index is 5.82. The number of nitrogens with zero attached hydrogens (tertiary/aromatic N) is 4. The molecule has 0 saturated carbocycles. The van der Waals surface area contributed by atoms with Gasteiger partial charge in [0, 0.05) is 23.8 Å². The van der Waals surface area contributed by atoms with Gasteiger partial charge in [-0.15, -0.1) is 0 Å². The Hall–Kier alpha value is -2.63. The van der Waals surface area contributed by atoms with Crippen LogP contribution in [0.1, 0.15) is 5.56 Å². The van der Waals surface area contributed by atoms with E-state index in [1.807, 2.05) is 42.2 Å². The van der Waals surface area contributed by atoms with Gasteiger partial charge in [-0.2, -0.15) is 5.10 Å². The first-order valence-electron chi connectivity index (χ1n) is 6.45. The van der Waals surface area contributed by atoms with Crippen molar-refractivity contribution in [1.82, 2.24) is 19.7 Å². The predicted octanol–water partition coefficient (Wildman–Crippen LogP) is 1.83. The quantitative estimate of drug-likeness (QED) is 0.705. The van der Waals surface area contributed by atoms with E-state index < -0.39 is 0 Å². The number of hydrogen-bond acceptors (Lipinski definition) is 5. The molecule has 0 amide bonds. The van der Waals surface area contributed by atoms with Crippen molar-refractivity contribution in [1.29, 1.82) is 0 Å². The lowest BCUT2D eigenvalue weighted by Crippen LogP contribution is -2.12. The highest BCUT2D eigenvalue weighted by Crippen LogP contribution is 2.21. The number of anilines is 2. The molecule has 6 nitrogen and oxygen atoms in total. The molecule has 0 aliphatic carbocycles. The van der Waals surface area contributed by atoms with Gasteiger partial charge in [0.1, 0.15) is 12.1 Å². The van der Waals surface area contributed by atoms with Crippen molar-refractivity contribution in [3.05, 3.63) is 42.5 Å². The van der Waals surface area contributed by atoms with E-state index in [4.69, 9.17) is 5.73 Å². The van der Waals surface area contributed by atoms with Crippen LogP contribution in [0.5, 0.6) is 0 Å². The maximum atomic E-state index is 5.82. The zero-order valence-corrected chi connectivity index (χ0v) is 11.2. The van der Waals surface area contributed by atoms with Crippen molar-refractivity contribution in [2.45, 2.75) is 13.5 Å². The van der Waals surface area contributed by atoms with Crippen LogP contribution < -0.4 is 11.1 Å². The van der Waals surface area contributed by atoms with Crippen LogP contribution in [0, 0.1) is 6.92 Å². The zero-order chi connectivity index (χ0) is 13.9. The van der Waals surface area contributed by atoms with Crippen LogP contribution in [0.3, 0.4) is 0 Å². The van der Waals surface area contributed by atoms with Crippen molar-refractivity contribution in [3.63, 3.8) is 0 Å². The van der Waals surface area contributed by atoms with Gasteiger partial charge >= 0.3 is 0 Å². The number of fused-ring (bicyclic) bond motifs is 1. The van der Waals surface area contributed by atoms with Gasteiger partial charge in [-0.25, -0.2) is 9.97 Å². The Bertz CT molecular complexity index is 733. The Balaban J connectivity index is 1.75. The SMILES string of the molecule is Cc1cnn(CCNc2ncnc3ccc(N)cc23)c1. The lowest BCUT2D eigenvalue weighted by molar-refractivity contribution is 0.637. The summed E-state index contributed by atoms with van der Waals surface area (Å²) >= 11 is 0. The number of aromatic nitrogens is 4. The molecule has 0 radical (unpaired) electrons. The molecule has 0 aliphatic rings. The maximum Gasteiger partial charge on any atom is 0.137 e. The molecule has 0 spiro atoms. The van der Waals surface area contributed by atoms with Gasteiger partial charge in [-0.3, -0.25) is 4.68 Å². The lowest BCUT2D eigenvalue weighted by Gasteiger charge is -2.08. The molecule has 0 unspecified atom stereocenters. The molecule has 2 aromatic heterocycles. The minimum absolute atomic E-state index is 0.707. The summed E-state index contributed by atoms with van der Waals surface area (Å²) in [5.41, 5.74) is 8.56. The normalized spacial score (nSPS) is 10.8. The number of aryl methyl sites for hydroxylation is 1. The third kappa shape index (κ3) is 2.54. The fourth-order valence-corrected chi connectivity index (χ4v) is 2.09. The summed E-state index contributed by atoms with van der Waals surface area (Å²) < 4.78 is 1.90. The second-order valence-corrected chi connectivity index (χ2v) is 4.71. The van der Waals surface area contributed by atoms with Gasteiger partial charge in [0.15, 0.2) is 0 Å². The second kappa shape index (κ2) is 5.16.